The van der Waals surface area contributed by atoms with Crippen molar-refractivity contribution < 1.29 is 9.63 Å². The van der Waals surface area contributed by atoms with Gasteiger partial charge in [-0.2, -0.15) is 0 Å². The first-order valence-corrected chi connectivity index (χ1v) is 15.6. The van der Waals surface area contributed by atoms with E-state index in [0.717, 1.165) is 70.8 Å². The molecule has 3 aliphatic rings. The number of nitrogens with zero attached hydrogens (tertiary/aromatic N) is 6. The van der Waals surface area contributed by atoms with Gasteiger partial charge in [0.25, 0.3) is 0 Å². The minimum absolute atomic E-state index is 0.176. The van der Waals surface area contributed by atoms with Gasteiger partial charge < -0.3 is 14.3 Å². The molecule has 0 bridgehead atoms. The van der Waals surface area contributed by atoms with Gasteiger partial charge in [0.15, 0.2) is 6.17 Å². The predicted octanol–water partition coefficient (Wildman–Crippen LogP) is 6.32. The molecule has 2 N–H and O–H groups in total. The summed E-state index contributed by atoms with van der Waals surface area (Å²) in [5.74, 6) is 2.27. The second kappa shape index (κ2) is 10.8. The minimum atomic E-state index is -0.594. The first-order chi connectivity index (χ1) is 19.9. The zero-order chi connectivity index (χ0) is 28.1. The Hall–Kier alpha value is -3.28. The molecule has 12 heteroatoms. The number of aryl methyl sites for hydroxylation is 1. The normalized spacial score (nSPS) is 24.7. The van der Waals surface area contributed by atoms with E-state index in [1.165, 1.54) is 25.7 Å². The van der Waals surface area contributed by atoms with Gasteiger partial charge in [-0.3, -0.25) is 10.3 Å². The lowest BCUT2D eigenvalue weighted by molar-refractivity contribution is 0.121. The maximum absolute atomic E-state index is 11.9. The Morgan fingerprint density at radius 1 is 1.10 bits per heavy atom. The number of rotatable bonds is 6. The number of pyridine rings is 2. The van der Waals surface area contributed by atoms with E-state index < -0.39 is 12.3 Å². The minimum Gasteiger partial charge on any atom is -0.351 e. The van der Waals surface area contributed by atoms with Crippen LogP contribution in [0.4, 0.5) is 10.7 Å². The van der Waals surface area contributed by atoms with Gasteiger partial charge in [0, 0.05) is 36.4 Å². The molecule has 3 fully saturated rings. The van der Waals surface area contributed by atoms with Crippen LogP contribution in [-0.2, 0) is 11.4 Å². The smallest absolute Gasteiger partial charge is 0.351 e. The highest BCUT2D eigenvalue weighted by Gasteiger charge is 2.34. The van der Waals surface area contributed by atoms with Crippen LogP contribution < -0.4 is 15.7 Å². The van der Waals surface area contributed by atoms with E-state index in [0.29, 0.717) is 16.6 Å². The van der Waals surface area contributed by atoms with Crippen molar-refractivity contribution in [2.45, 2.75) is 71.1 Å². The lowest BCUT2D eigenvalue weighted by Gasteiger charge is -2.30. The Morgan fingerprint density at radius 2 is 1.95 bits per heavy atom. The Bertz CT molecular complexity index is 1600. The number of aromatic nitrogens is 5. The number of imidazole rings is 1. The molecule has 1 amide bonds. The third kappa shape index (κ3) is 5.15. The molecule has 2 unspecified atom stereocenters. The van der Waals surface area contributed by atoms with Crippen LogP contribution in [0.3, 0.4) is 0 Å². The maximum Gasteiger partial charge on any atom is 0.427 e. The average molecular weight is 593 g/mol. The van der Waals surface area contributed by atoms with Crippen molar-refractivity contribution in [1.82, 2.24) is 35.3 Å². The summed E-state index contributed by atoms with van der Waals surface area (Å²) in [5, 5.41) is 6.57. The highest BCUT2D eigenvalue weighted by atomic mass is 35.5. The third-order valence-electron chi connectivity index (χ3n) is 8.59. The van der Waals surface area contributed by atoms with Crippen molar-refractivity contribution in [3.05, 3.63) is 51.3 Å². The largest absolute Gasteiger partial charge is 0.427 e. The molecule has 1 aliphatic carbocycles. The molecule has 10 nitrogen and oxygen atoms in total. The van der Waals surface area contributed by atoms with Gasteiger partial charge in [0.05, 0.1) is 44.2 Å². The number of thiazole rings is 1. The maximum atomic E-state index is 11.9. The second-order valence-corrected chi connectivity index (χ2v) is 13.0. The molecule has 2 aliphatic heterocycles. The van der Waals surface area contributed by atoms with Gasteiger partial charge >= 0.3 is 6.09 Å². The van der Waals surface area contributed by atoms with E-state index in [1.807, 2.05) is 12.1 Å². The molecule has 4 aromatic heterocycles. The molecule has 0 aromatic carbocycles. The van der Waals surface area contributed by atoms with Crippen LogP contribution >= 0.6 is 22.9 Å². The molecule has 7 rings (SSSR count). The number of hydroxylamine groups is 1. The van der Waals surface area contributed by atoms with Gasteiger partial charge in [-0.1, -0.05) is 31.4 Å². The lowest BCUT2D eigenvalue weighted by atomic mass is 9.83. The predicted molar refractivity (Wildman–Crippen MR) is 159 cm³/mol. The molecular formula is C29H33ClN8O2S. The Labute approximate surface area is 247 Å². The van der Waals surface area contributed by atoms with Gasteiger partial charge in [-0.15, -0.1) is 16.8 Å². The number of amides is 1. The summed E-state index contributed by atoms with van der Waals surface area (Å²) in [6.45, 7) is 6.19. The molecule has 0 radical (unpaired) electrons. The first-order valence-electron chi connectivity index (χ1n) is 14.4. The van der Waals surface area contributed by atoms with Crippen LogP contribution in [0.25, 0.3) is 22.3 Å². The molecule has 6 heterocycles. The molecule has 2 atom stereocenters. The van der Waals surface area contributed by atoms with Crippen molar-refractivity contribution in [3.63, 3.8) is 0 Å². The summed E-state index contributed by atoms with van der Waals surface area (Å²) in [6, 6.07) is 4.01. The van der Waals surface area contributed by atoms with Crippen molar-refractivity contribution >= 4 is 46.0 Å². The molecule has 4 aromatic rings. The second-order valence-electron chi connectivity index (χ2n) is 11.5. The van der Waals surface area contributed by atoms with Gasteiger partial charge in [-0.05, 0) is 56.6 Å². The third-order valence-corrected chi connectivity index (χ3v) is 9.59. The van der Waals surface area contributed by atoms with E-state index in [1.54, 1.807) is 23.7 Å². The lowest BCUT2D eigenvalue weighted by Crippen LogP contribution is -2.28. The summed E-state index contributed by atoms with van der Waals surface area (Å²) in [4.78, 5) is 38.9. The van der Waals surface area contributed by atoms with Crippen molar-refractivity contribution in [3.8, 4) is 11.3 Å². The molecule has 0 spiro atoms. The van der Waals surface area contributed by atoms with Gasteiger partial charge in [-0.25, -0.2) is 19.7 Å². The van der Waals surface area contributed by atoms with E-state index in [2.05, 4.69) is 44.5 Å². The number of carbonyl (C=O) groups excluding carboxylic acids is 1. The van der Waals surface area contributed by atoms with Crippen molar-refractivity contribution in [1.29, 1.82) is 0 Å². The molecule has 41 heavy (non-hydrogen) atoms. The van der Waals surface area contributed by atoms with E-state index in [4.69, 9.17) is 31.4 Å². The molecule has 214 valence electrons. The summed E-state index contributed by atoms with van der Waals surface area (Å²) in [6.07, 6.45) is 9.28. The number of carbonyl (C=O) groups is 1. The Balaban J connectivity index is 1.41. The number of nitrogens with one attached hydrogen (secondary N) is 2. The van der Waals surface area contributed by atoms with Gasteiger partial charge in [0.2, 0.25) is 5.95 Å². The molecule has 1 saturated carbocycles. The number of anilines is 1. The topological polar surface area (TPSA) is 110 Å². The fraction of sp³-hybridized carbons (Fsp3) is 0.483. The van der Waals surface area contributed by atoms with Crippen LogP contribution in [0, 0.1) is 18.8 Å². The number of halogens is 1. The van der Waals surface area contributed by atoms with Crippen LogP contribution in [0.5, 0.6) is 0 Å². The summed E-state index contributed by atoms with van der Waals surface area (Å²) >= 11 is 8.12. The van der Waals surface area contributed by atoms with E-state index in [-0.39, 0.29) is 6.04 Å². The zero-order valence-electron chi connectivity index (χ0n) is 23.1. The quantitative estimate of drug-likeness (QED) is 0.267. The fourth-order valence-electron chi connectivity index (χ4n) is 6.49. The van der Waals surface area contributed by atoms with Crippen LogP contribution in [0.15, 0.2) is 29.9 Å². The first kappa shape index (κ1) is 26.6. The standard InChI is InChI=1S/C29H33ClN8O2S/c1-16-5-7-18(8-6-16)14-38-26-21(34-28(38)37-9-3-4-24(37)23-15-41-17(2)32-23)11-22(27-35-29(39)40-36-27)33-25(26)19-10-20(30)13-31-12-19/h10-13,15-16,18,24,27,36H,3-9,14H2,1-2H3,(H,35,39). The molecular weight excluding hydrogens is 560 g/mol. The van der Waals surface area contributed by atoms with Crippen molar-refractivity contribution in [2.75, 3.05) is 11.4 Å². The highest BCUT2D eigenvalue weighted by Crippen LogP contribution is 2.41. The van der Waals surface area contributed by atoms with Crippen molar-refractivity contribution in [2.24, 2.45) is 11.8 Å². The average Bonchev–Trinajstić information content (AvgIpc) is 3.76. The molecule has 2 saturated heterocycles. The summed E-state index contributed by atoms with van der Waals surface area (Å²) < 4.78 is 2.39. The van der Waals surface area contributed by atoms with Crippen LogP contribution in [0.2, 0.25) is 5.02 Å². The Kier molecular flexibility index (Phi) is 7.04. The Morgan fingerprint density at radius 3 is 2.68 bits per heavy atom. The van der Waals surface area contributed by atoms with E-state index in [9.17, 15) is 4.79 Å². The monoisotopic (exact) mass is 592 g/mol. The summed E-state index contributed by atoms with van der Waals surface area (Å²) in [5.41, 5.74) is 7.76. The van der Waals surface area contributed by atoms with Crippen LogP contribution in [0.1, 0.15) is 74.1 Å². The van der Waals surface area contributed by atoms with Gasteiger partial charge in [0.1, 0.15) is 0 Å². The van der Waals surface area contributed by atoms with E-state index >= 15 is 0 Å². The fourth-order valence-corrected chi connectivity index (χ4v) is 7.32. The number of hydrogen-bond acceptors (Lipinski definition) is 9. The summed E-state index contributed by atoms with van der Waals surface area (Å²) in [7, 11) is 0. The highest BCUT2D eigenvalue weighted by molar-refractivity contribution is 7.09. The number of fused-ring (bicyclic) bond motifs is 1. The van der Waals surface area contributed by atoms with Crippen LogP contribution in [-0.4, -0.2) is 37.1 Å². The zero-order valence-corrected chi connectivity index (χ0v) is 24.7. The SMILES string of the molecule is Cc1nc(C2CCCN2c2nc3cc(C4NOC(=O)N4)nc(-c4cncc(Cl)c4)c3n2CC2CCC(C)CC2)cs1. The number of hydrogen-bond donors (Lipinski definition) is 2.